The summed E-state index contributed by atoms with van der Waals surface area (Å²) in [5.41, 5.74) is 0.236. The van der Waals surface area contributed by atoms with Gasteiger partial charge in [-0.25, -0.2) is 8.42 Å². The molecule has 1 heterocycles. The average molecular weight is 407 g/mol. The Morgan fingerprint density at radius 1 is 1.14 bits per heavy atom. The summed E-state index contributed by atoms with van der Waals surface area (Å²) in [7, 11) is -3.83. The van der Waals surface area contributed by atoms with Crippen LogP contribution in [0, 0.1) is 34.8 Å². The van der Waals surface area contributed by atoms with E-state index in [0.29, 0.717) is 30.5 Å². The molecular formula is C19H25N3O5S. The van der Waals surface area contributed by atoms with Gasteiger partial charge in [-0.3, -0.25) is 14.9 Å². The van der Waals surface area contributed by atoms with Gasteiger partial charge < -0.3 is 4.90 Å². The molecule has 152 valence electrons. The van der Waals surface area contributed by atoms with Crippen LogP contribution in [0.1, 0.15) is 31.2 Å². The van der Waals surface area contributed by atoms with Crippen molar-refractivity contribution in [1.29, 1.82) is 0 Å². The number of piperazine rings is 1. The number of non-ortho nitro benzene ring substituents is 1. The lowest BCUT2D eigenvalue weighted by molar-refractivity contribution is -0.385. The van der Waals surface area contributed by atoms with Gasteiger partial charge in [-0.1, -0.05) is 12.5 Å². The Balaban J connectivity index is 1.45. The first-order valence-electron chi connectivity index (χ1n) is 9.81. The van der Waals surface area contributed by atoms with Crippen molar-refractivity contribution in [3.05, 3.63) is 33.9 Å². The zero-order valence-corrected chi connectivity index (χ0v) is 16.7. The Morgan fingerprint density at radius 3 is 2.43 bits per heavy atom. The quantitative estimate of drug-likeness (QED) is 0.562. The minimum Gasteiger partial charge on any atom is -0.340 e. The van der Waals surface area contributed by atoms with E-state index in [4.69, 9.17) is 0 Å². The average Bonchev–Trinajstić information content (AvgIpc) is 3.31. The topological polar surface area (TPSA) is 101 Å². The van der Waals surface area contributed by atoms with Crippen molar-refractivity contribution in [3.63, 3.8) is 0 Å². The predicted molar refractivity (Wildman–Crippen MR) is 102 cm³/mol. The highest BCUT2D eigenvalue weighted by Gasteiger charge is 2.45. The van der Waals surface area contributed by atoms with Crippen molar-refractivity contribution in [2.45, 2.75) is 37.5 Å². The van der Waals surface area contributed by atoms with E-state index in [2.05, 4.69) is 0 Å². The Kier molecular flexibility index (Phi) is 4.91. The number of carbonyl (C=O) groups excluding carboxylic acids is 1. The number of nitro benzene ring substituents is 1. The molecule has 2 aliphatic carbocycles. The van der Waals surface area contributed by atoms with Crippen molar-refractivity contribution in [2.24, 2.45) is 17.8 Å². The van der Waals surface area contributed by atoms with Crippen LogP contribution in [0.25, 0.3) is 0 Å². The van der Waals surface area contributed by atoms with Crippen LogP contribution in [0.2, 0.25) is 0 Å². The predicted octanol–water partition coefficient (Wildman–Crippen LogP) is 2.17. The molecule has 0 aromatic heterocycles. The minimum absolute atomic E-state index is 0.0328. The maximum absolute atomic E-state index is 13.0. The van der Waals surface area contributed by atoms with E-state index >= 15 is 0 Å². The lowest BCUT2D eigenvalue weighted by Crippen LogP contribution is -2.52. The van der Waals surface area contributed by atoms with Gasteiger partial charge in [-0.15, -0.1) is 0 Å². The van der Waals surface area contributed by atoms with Crippen LogP contribution in [0.15, 0.2) is 23.1 Å². The normalized spacial score (nSPS) is 27.9. The Bertz CT molecular complexity index is 908. The van der Waals surface area contributed by atoms with E-state index in [0.717, 1.165) is 25.3 Å². The number of hydrogen-bond donors (Lipinski definition) is 0. The largest absolute Gasteiger partial charge is 0.340 e. The molecule has 1 aromatic carbocycles. The number of sulfonamides is 1. The summed E-state index contributed by atoms with van der Waals surface area (Å²) in [6, 6.07) is 3.89. The summed E-state index contributed by atoms with van der Waals surface area (Å²) in [5.74, 6) is 1.49. The van der Waals surface area contributed by atoms with Crippen molar-refractivity contribution >= 4 is 21.6 Å². The van der Waals surface area contributed by atoms with Crippen molar-refractivity contribution in [2.75, 3.05) is 26.2 Å². The molecule has 4 rings (SSSR count). The summed E-state index contributed by atoms with van der Waals surface area (Å²) in [6.45, 7) is 2.82. The Labute approximate surface area is 164 Å². The highest BCUT2D eigenvalue weighted by Crippen LogP contribution is 2.49. The maximum atomic E-state index is 13.0. The van der Waals surface area contributed by atoms with Crippen molar-refractivity contribution < 1.29 is 18.1 Å². The molecule has 1 aromatic rings. The number of rotatable bonds is 4. The molecule has 9 heteroatoms. The Hall–Kier alpha value is -2.00. The maximum Gasteiger partial charge on any atom is 0.270 e. The fourth-order valence-corrected chi connectivity index (χ4v) is 6.72. The highest BCUT2D eigenvalue weighted by atomic mass is 32.2. The third-order valence-corrected chi connectivity index (χ3v) is 8.65. The van der Waals surface area contributed by atoms with Crippen LogP contribution < -0.4 is 0 Å². The molecule has 0 spiro atoms. The van der Waals surface area contributed by atoms with Crippen molar-refractivity contribution in [1.82, 2.24) is 9.21 Å². The van der Waals surface area contributed by atoms with Crippen LogP contribution in [0.4, 0.5) is 5.69 Å². The monoisotopic (exact) mass is 407 g/mol. The molecule has 28 heavy (non-hydrogen) atoms. The molecule has 3 aliphatic rings. The molecule has 3 fully saturated rings. The standard InChI is InChI=1S/C19H25N3O5S/c1-13-2-5-16(22(24)25)12-18(13)28(26,27)21-8-6-20(7-9-21)19(23)17-11-14-3-4-15(17)10-14/h2,5,12,14-15,17H,3-4,6-11H2,1H3/t14-,15-,17-/m0/s1. The van der Waals surface area contributed by atoms with E-state index < -0.39 is 14.9 Å². The lowest BCUT2D eigenvalue weighted by atomic mass is 9.87. The first-order valence-corrected chi connectivity index (χ1v) is 11.3. The lowest BCUT2D eigenvalue weighted by Gasteiger charge is -2.36. The van der Waals surface area contributed by atoms with Crippen LogP contribution >= 0.6 is 0 Å². The van der Waals surface area contributed by atoms with Gasteiger partial charge in [0.1, 0.15) is 0 Å². The SMILES string of the molecule is Cc1ccc([N+](=O)[O-])cc1S(=O)(=O)N1CCN(C(=O)[C@H]2C[C@H]3CC[C@H]2C3)CC1. The second-order valence-corrected chi connectivity index (χ2v) is 10.1. The smallest absolute Gasteiger partial charge is 0.270 e. The zero-order chi connectivity index (χ0) is 20.1. The Morgan fingerprint density at radius 2 is 1.86 bits per heavy atom. The molecule has 0 unspecified atom stereocenters. The van der Waals surface area contributed by atoms with Crippen LogP contribution in [-0.4, -0.2) is 54.6 Å². The second kappa shape index (κ2) is 7.11. The van der Waals surface area contributed by atoms with Gasteiger partial charge in [0.25, 0.3) is 5.69 Å². The van der Waals surface area contributed by atoms with Gasteiger partial charge >= 0.3 is 0 Å². The van der Waals surface area contributed by atoms with Crippen molar-refractivity contribution in [3.8, 4) is 0 Å². The fraction of sp³-hybridized carbons (Fsp3) is 0.632. The summed E-state index contributed by atoms with van der Waals surface area (Å²) in [6.07, 6.45) is 4.52. The summed E-state index contributed by atoms with van der Waals surface area (Å²) in [4.78, 5) is 25.1. The molecule has 2 saturated carbocycles. The minimum atomic E-state index is -3.83. The number of hydrogen-bond acceptors (Lipinski definition) is 5. The summed E-state index contributed by atoms with van der Waals surface area (Å²) >= 11 is 0. The number of amides is 1. The molecule has 3 atom stereocenters. The van der Waals surface area contributed by atoms with Gasteiger partial charge in [0, 0.05) is 44.2 Å². The number of aryl methyl sites for hydroxylation is 1. The van der Waals surface area contributed by atoms with E-state index in [1.807, 2.05) is 0 Å². The first-order chi connectivity index (χ1) is 13.3. The molecule has 1 saturated heterocycles. The molecule has 1 amide bonds. The third-order valence-electron chi connectivity index (χ3n) is 6.61. The molecule has 0 radical (unpaired) electrons. The van der Waals surface area contributed by atoms with Gasteiger partial charge in [-0.2, -0.15) is 4.31 Å². The molecule has 8 nitrogen and oxygen atoms in total. The van der Waals surface area contributed by atoms with Crippen LogP contribution in [0.5, 0.6) is 0 Å². The number of carbonyl (C=O) groups is 1. The van der Waals surface area contributed by atoms with E-state index in [1.165, 1.54) is 22.9 Å². The van der Waals surface area contributed by atoms with Gasteiger partial charge in [0.05, 0.1) is 9.82 Å². The van der Waals surface area contributed by atoms with E-state index in [9.17, 15) is 23.3 Å². The molecule has 0 N–H and O–H groups in total. The van der Waals surface area contributed by atoms with Gasteiger partial charge in [0.15, 0.2) is 0 Å². The van der Waals surface area contributed by atoms with Crippen LogP contribution in [0.3, 0.4) is 0 Å². The molecule has 1 aliphatic heterocycles. The first kappa shape index (κ1) is 19.3. The molecular weight excluding hydrogens is 382 g/mol. The number of nitro groups is 1. The van der Waals surface area contributed by atoms with E-state index in [1.54, 1.807) is 11.8 Å². The number of fused-ring (bicyclic) bond motifs is 2. The fourth-order valence-electron chi connectivity index (χ4n) is 5.05. The number of nitrogens with zero attached hydrogens (tertiary/aromatic N) is 3. The summed E-state index contributed by atoms with van der Waals surface area (Å²) < 4.78 is 27.4. The second-order valence-electron chi connectivity index (χ2n) is 8.22. The number of benzene rings is 1. The summed E-state index contributed by atoms with van der Waals surface area (Å²) in [5, 5.41) is 11.0. The highest BCUT2D eigenvalue weighted by molar-refractivity contribution is 7.89. The van der Waals surface area contributed by atoms with Gasteiger partial charge in [0.2, 0.25) is 15.9 Å². The third kappa shape index (κ3) is 3.30. The van der Waals surface area contributed by atoms with Gasteiger partial charge in [-0.05, 0) is 43.6 Å². The van der Waals surface area contributed by atoms with E-state index in [-0.39, 0.29) is 35.5 Å². The molecule has 2 bridgehead atoms. The van der Waals surface area contributed by atoms with Crippen LogP contribution in [-0.2, 0) is 14.8 Å². The zero-order valence-electron chi connectivity index (χ0n) is 15.9.